The first-order valence-electron chi connectivity index (χ1n) is 7.52. The summed E-state index contributed by atoms with van der Waals surface area (Å²) in [5, 5.41) is 2.60. The largest absolute Gasteiger partial charge is 0.464 e. The zero-order valence-electron chi connectivity index (χ0n) is 13.7. The molecule has 1 rings (SSSR count). The van der Waals surface area contributed by atoms with Gasteiger partial charge >= 0.3 is 12.1 Å². The van der Waals surface area contributed by atoms with E-state index in [9.17, 15) is 9.59 Å². The van der Waals surface area contributed by atoms with Gasteiger partial charge in [-0.2, -0.15) is 0 Å². The van der Waals surface area contributed by atoms with Gasteiger partial charge in [0.1, 0.15) is 11.6 Å². The summed E-state index contributed by atoms with van der Waals surface area (Å²) >= 11 is 0. The predicted octanol–water partition coefficient (Wildman–Crippen LogP) is 3.08. The number of hydrogen-bond acceptors (Lipinski definition) is 4. The molecule has 122 valence electrons. The number of rotatable bonds is 6. The van der Waals surface area contributed by atoms with Crippen molar-refractivity contribution in [2.75, 3.05) is 6.61 Å². The number of amides is 1. The molecule has 0 aliphatic carbocycles. The normalized spacial score (nSPS) is 12.4. The Morgan fingerprint density at radius 3 is 2.36 bits per heavy atom. The van der Waals surface area contributed by atoms with Gasteiger partial charge in [0, 0.05) is 6.42 Å². The lowest BCUT2D eigenvalue weighted by molar-refractivity contribution is -0.146. The van der Waals surface area contributed by atoms with Crippen molar-refractivity contribution in [1.29, 1.82) is 0 Å². The average molecular weight is 307 g/mol. The summed E-state index contributed by atoms with van der Waals surface area (Å²) in [6.07, 6.45) is 0.473. The molecule has 1 atom stereocenters. The minimum Gasteiger partial charge on any atom is -0.464 e. The van der Waals surface area contributed by atoms with E-state index in [2.05, 4.69) is 5.32 Å². The van der Waals surface area contributed by atoms with E-state index < -0.39 is 23.7 Å². The summed E-state index contributed by atoms with van der Waals surface area (Å²) in [4.78, 5) is 24.0. The van der Waals surface area contributed by atoms with E-state index >= 15 is 0 Å². The standard InChI is InChI=1S/C17H25NO4/c1-5-11-21-15(19)14(12-13-9-7-6-8-10-13)18-16(20)22-17(2,3)4/h6-10,14H,5,11-12H2,1-4H3,(H,18,20)/t14-/m0/s1. The van der Waals surface area contributed by atoms with Gasteiger partial charge in [0.15, 0.2) is 0 Å². The van der Waals surface area contributed by atoms with Gasteiger partial charge in [0.2, 0.25) is 0 Å². The van der Waals surface area contributed by atoms with E-state index in [0.29, 0.717) is 13.0 Å². The van der Waals surface area contributed by atoms with Crippen molar-refractivity contribution in [2.45, 2.75) is 52.2 Å². The van der Waals surface area contributed by atoms with Crippen molar-refractivity contribution < 1.29 is 19.1 Å². The Morgan fingerprint density at radius 2 is 1.82 bits per heavy atom. The van der Waals surface area contributed by atoms with Crippen LogP contribution in [0.3, 0.4) is 0 Å². The van der Waals surface area contributed by atoms with Crippen LogP contribution < -0.4 is 5.32 Å². The fourth-order valence-corrected chi connectivity index (χ4v) is 1.80. The van der Waals surface area contributed by atoms with E-state index in [4.69, 9.17) is 9.47 Å². The van der Waals surface area contributed by atoms with Crippen molar-refractivity contribution in [1.82, 2.24) is 5.32 Å². The van der Waals surface area contributed by atoms with Crippen LogP contribution in [0.5, 0.6) is 0 Å². The van der Waals surface area contributed by atoms with Crippen LogP contribution in [0.25, 0.3) is 0 Å². The second-order valence-corrected chi connectivity index (χ2v) is 6.06. The molecule has 5 nitrogen and oxygen atoms in total. The Labute approximate surface area is 132 Å². The molecule has 1 N–H and O–H groups in total. The maximum atomic E-state index is 12.1. The summed E-state index contributed by atoms with van der Waals surface area (Å²) in [5.41, 5.74) is 0.325. The van der Waals surface area contributed by atoms with E-state index in [0.717, 1.165) is 12.0 Å². The monoisotopic (exact) mass is 307 g/mol. The minimum atomic E-state index is -0.760. The van der Waals surface area contributed by atoms with E-state index in [-0.39, 0.29) is 0 Å². The molecule has 1 amide bonds. The molecular formula is C17H25NO4. The van der Waals surface area contributed by atoms with Crippen molar-refractivity contribution in [2.24, 2.45) is 0 Å². The first-order chi connectivity index (χ1) is 10.3. The second-order valence-electron chi connectivity index (χ2n) is 6.06. The van der Waals surface area contributed by atoms with Gasteiger partial charge in [0.25, 0.3) is 0 Å². The molecule has 1 aromatic rings. The molecule has 0 spiro atoms. The topological polar surface area (TPSA) is 64.6 Å². The maximum absolute atomic E-state index is 12.1. The lowest BCUT2D eigenvalue weighted by Gasteiger charge is -2.23. The van der Waals surface area contributed by atoms with Gasteiger partial charge in [-0.3, -0.25) is 0 Å². The van der Waals surface area contributed by atoms with Gasteiger partial charge in [-0.05, 0) is 32.8 Å². The zero-order valence-corrected chi connectivity index (χ0v) is 13.7. The van der Waals surface area contributed by atoms with Crippen LogP contribution in [0.1, 0.15) is 39.7 Å². The molecule has 0 aliphatic rings. The quantitative estimate of drug-likeness (QED) is 0.820. The van der Waals surface area contributed by atoms with E-state index in [1.165, 1.54) is 0 Å². The maximum Gasteiger partial charge on any atom is 0.408 e. The summed E-state index contributed by atoms with van der Waals surface area (Å²) in [6, 6.07) is 8.71. The fourth-order valence-electron chi connectivity index (χ4n) is 1.80. The highest BCUT2D eigenvalue weighted by atomic mass is 16.6. The molecule has 0 aliphatic heterocycles. The Kier molecular flexibility index (Phi) is 6.89. The van der Waals surface area contributed by atoms with E-state index in [1.807, 2.05) is 37.3 Å². The first-order valence-corrected chi connectivity index (χ1v) is 7.52. The third-order valence-corrected chi connectivity index (χ3v) is 2.71. The van der Waals surface area contributed by atoms with Crippen molar-refractivity contribution in [3.63, 3.8) is 0 Å². The number of hydrogen-bond donors (Lipinski definition) is 1. The van der Waals surface area contributed by atoms with Crippen molar-refractivity contribution in [3.8, 4) is 0 Å². The summed E-state index contributed by atoms with van der Waals surface area (Å²) < 4.78 is 10.4. The SMILES string of the molecule is CCCOC(=O)[C@H](Cc1ccccc1)NC(=O)OC(C)(C)C. The lowest BCUT2D eigenvalue weighted by atomic mass is 10.1. The number of alkyl carbamates (subject to hydrolysis) is 1. The Balaban J connectivity index is 2.73. The van der Waals surface area contributed by atoms with E-state index in [1.54, 1.807) is 20.8 Å². The number of nitrogens with one attached hydrogen (secondary N) is 1. The molecule has 22 heavy (non-hydrogen) atoms. The molecule has 5 heteroatoms. The molecule has 1 aromatic carbocycles. The fraction of sp³-hybridized carbons (Fsp3) is 0.529. The molecule has 0 saturated carbocycles. The van der Waals surface area contributed by atoms with Crippen LogP contribution in [0, 0.1) is 0 Å². The van der Waals surface area contributed by atoms with Crippen LogP contribution in [0.15, 0.2) is 30.3 Å². The molecule has 0 fully saturated rings. The molecule has 0 heterocycles. The van der Waals surface area contributed by atoms with Crippen LogP contribution in [0.4, 0.5) is 4.79 Å². The van der Waals surface area contributed by atoms with Crippen molar-refractivity contribution >= 4 is 12.1 Å². The number of ether oxygens (including phenoxy) is 2. The average Bonchev–Trinajstić information content (AvgIpc) is 2.43. The van der Waals surface area contributed by atoms with Crippen LogP contribution in [-0.2, 0) is 20.7 Å². The smallest absolute Gasteiger partial charge is 0.408 e. The molecule has 0 radical (unpaired) electrons. The molecular weight excluding hydrogens is 282 g/mol. The van der Waals surface area contributed by atoms with Crippen LogP contribution in [-0.4, -0.2) is 30.3 Å². The van der Waals surface area contributed by atoms with Crippen molar-refractivity contribution in [3.05, 3.63) is 35.9 Å². The van der Waals surface area contributed by atoms with Gasteiger partial charge in [-0.25, -0.2) is 9.59 Å². The summed E-state index contributed by atoms with van der Waals surface area (Å²) in [6.45, 7) is 7.57. The van der Waals surface area contributed by atoms with Gasteiger partial charge < -0.3 is 14.8 Å². The second kappa shape index (κ2) is 8.41. The first kappa shape index (κ1) is 18.0. The summed E-state index contributed by atoms with van der Waals surface area (Å²) in [7, 11) is 0. The summed E-state index contributed by atoms with van der Waals surface area (Å²) in [5.74, 6) is -0.448. The number of carbonyl (C=O) groups is 2. The molecule has 0 unspecified atom stereocenters. The van der Waals surface area contributed by atoms with Crippen LogP contribution in [0.2, 0.25) is 0 Å². The molecule has 0 bridgehead atoms. The minimum absolute atomic E-state index is 0.333. The zero-order chi connectivity index (χ0) is 16.6. The highest BCUT2D eigenvalue weighted by molar-refractivity contribution is 5.81. The molecule has 0 aromatic heterocycles. The highest BCUT2D eigenvalue weighted by Gasteiger charge is 2.25. The van der Waals surface area contributed by atoms with Crippen LogP contribution >= 0.6 is 0 Å². The number of esters is 1. The predicted molar refractivity (Wildman–Crippen MR) is 84.6 cm³/mol. The Hall–Kier alpha value is -2.04. The Morgan fingerprint density at radius 1 is 1.18 bits per heavy atom. The molecule has 0 saturated heterocycles. The Bertz CT molecular complexity index is 479. The number of benzene rings is 1. The van der Waals surface area contributed by atoms with Gasteiger partial charge in [0.05, 0.1) is 6.61 Å². The lowest BCUT2D eigenvalue weighted by Crippen LogP contribution is -2.45. The van der Waals surface area contributed by atoms with Gasteiger partial charge in [-0.15, -0.1) is 0 Å². The number of carbonyl (C=O) groups excluding carboxylic acids is 2. The third-order valence-electron chi connectivity index (χ3n) is 2.71. The van der Waals surface area contributed by atoms with Gasteiger partial charge in [-0.1, -0.05) is 37.3 Å². The highest BCUT2D eigenvalue weighted by Crippen LogP contribution is 2.09. The third kappa shape index (κ3) is 7.11.